The van der Waals surface area contributed by atoms with Crippen LogP contribution in [0.3, 0.4) is 0 Å². The lowest BCUT2D eigenvalue weighted by molar-refractivity contribution is 0.173. The van der Waals surface area contributed by atoms with Crippen LogP contribution >= 0.6 is 0 Å². The van der Waals surface area contributed by atoms with Gasteiger partial charge in [0.2, 0.25) is 0 Å². The number of nitrogens with two attached hydrogens (primary N) is 1. The van der Waals surface area contributed by atoms with Crippen LogP contribution in [0.25, 0.3) is 0 Å². The first kappa shape index (κ1) is 14.5. The molecule has 3 nitrogen and oxygen atoms in total. The van der Waals surface area contributed by atoms with Crippen molar-refractivity contribution in [1.29, 1.82) is 0 Å². The lowest BCUT2D eigenvalue weighted by atomic mass is 9.96. The Hall–Kier alpha value is -0.900. The van der Waals surface area contributed by atoms with E-state index in [4.69, 9.17) is 5.73 Å². The maximum absolute atomic E-state index is 5.62. The fourth-order valence-electron chi connectivity index (χ4n) is 2.84. The summed E-state index contributed by atoms with van der Waals surface area (Å²) < 4.78 is 0. The summed E-state index contributed by atoms with van der Waals surface area (Å²) in [5.74, 6) is 0.865. The van der Waals surface area contributed by atoms with Crippen LogP contribution in [0, 0.1) is 5.92 Å². The lowest BCUT2D eigenvalue weighted by Gasteiger charge is -2.31. The van der Waals surface area contributed by atoms with E-state index in [1.165, 1.54) is 43.6 Å². The molecule has 2 N–H and O–H groups in total. The molecule has 0 radical (unpaired) electrons. The van der Waals surface area contributed by atoms with Crippen LogP contribution in [0.5, 0.6) is 0 Å². The molecule has 0 amide bonds. The normalized spacial score (nSPS) is 18.1. The van der Waals surface area contributed by atoms with Gasteiger partial charge in [0.1, 0.15) is 0 Å². The van der Waals surface area contributed by atoms with Crippen LogP contribution in [0.4, 0.5) is 0 Å². The van der Waals surface area contributed by atoms with Crippen molar-refractivity contribution in [2.75, 3.05) is 33.7 Å². The van der Waals surface area contributed by atoms with E-state index in [0.29, 0.717) is 6.54 Å². The van der Waals surface area contributed by atoms with Gasteiger partial charge in [-0.25, -0.2) is 0 Å². The Morgan fingerprint density at radius 1 is 1.16 bits per heavy atom. The number of benzene rings is 1. The minimum absolute atomic E-state index is 0.631. The maximum atomic E-state index is 5.62. The highest BCUT2D eigenvalue weighted by atomic mass is 15.1. The van der Waals surface area contributed by atoms with Crippen LogP contribution < -0.4 is 5.73 Å². The molecule has 1 fully saturated rings. The number of hydrogen-bond donors (Lipinski definition) is 1. The van der Waals surface area contributed by atoms with Crippen LogP contribution in [0.15, 0.2) is 24.3 Å². The highest BCUT2D eigenvalue weighted by Gasteiger charge is 2.17. The molecule has 0 saturated carbocycles. The molecule has 0 bridgehead atoms. The second kappa shape index (κ2) is 7.04. The number of nitrogens with zero attached hydrogens (tertiary/aromatic N) is 2. The first-order valence-electron chi connectivity index (χ1n) is 7.32. The van der Waals surface area contributed by atoms with Gasteiger partial charge in [-0.1, -0.05) is 24.3 Å². The molecule has 106 valence electrons. The molecular weight excluding hydrogens is 234 g/mol. The van der Waals surface area contributed by atoms with E-state index in [0.717, 1.165) is 12.5 Å². The summed E-state index contributed by atoms with van der Waals surface area (Å²) in [4.78, 5) is 4.88. The third-order valence-electron chi connectivity index (χ3n) is 4.12. The van der Waals surface area contributed by atoms with Crippen molar-refractivity contribution in [3.05, 3.63) is 35.4 Å². The monoisotopic (exact) mass is 261 g/mol. The standard InChI is InChI=1S/C16H27N3/c1-18-9-7-16(8-10-18)13-19(2)12-15-5-3-14(11-17)4-6-15/h3-6,16H,7-13,17H2,1-2H3. The lowest BCUT2D eigenvalue weighted by Crippen LogP contribution is -2.35. The Morgan fingerprint density at radius 3 is 2.32 bits per heavy atom. The molecule has 0 unspecified atom stereocenters. The van der Waals surface area contributed by atoms with Crippen molar-refractivity contribution < 1.29 is 0 Å². The SMILES string of the molecule is CN1CCC(CN(C)Cc2ccc(CN)cc2)CC1. The summed E-state index contributed by atoms with van der Waals surface area (Å²) in [6, 6.07) is 8.68. The molecule has 1 aromatic rings. The summed E-state index contributed by atoms with van der Waals surface area (Å²) in [5.41, 5.74) is 8.21. The number of hydrogen-bond acceptors (Lipinski definition) is 3. The smallest absolute Gasteiger partial charge is 0.0230 e. The third-order valence-corrected chi connectivity index (χ3v) is 4.12. The van der Waals surface area contributed by atoms with Crippen molar-refractivity contribution in [3.63, 3.8) is 0 Å². The first-order chi connectivity index (χ1) is 9.17. The largest absolute Gasteiger partial charge is 0.326 e. The quantitative estimate of drug-likeness (QED) is 0.879. The predicted octanol–water partition coefficient (Wildman–Crippen LogP) is 1.92. The van der Waals surface area contributed by atoms with Crippen molar-refractivity contribution in [1.82, 2.24) is 9.80 Å². The van der Waals surface area contributed by atoms with E-state index in [9.17, 15) is 0 Å². The van der Waals surface area contributed by atoms with Gasteiger partial charge in [-0.15, -0.1) is 0 Å². The van der Waals surface area contributed by atoms with Gasteiger partial charge in [-0.3, -0.25) is 0 Å². The van der Waals surface area contributed by atoms with Gasteiger partial charge in [0.25, 0.3) is 0 Å². The van der Waals surface area contributed by atoms with Gasteiger partial charge in [0, 0.05) is 19.6 Å². The zero-order chi connectivity index (χ0) is 13.7. The fourth-order valence-corrected chi connectivity index (χ4v) is 2.84. The number of piperidine rings is 1. The van der Waals surface area contributed by atoms with Gasteiger partial charge < -0.3 is 15.5 Å². The highest BCUT2D eigenvalue weighted by molar-refractivity contribution is 5.22. The highest BCUT2D eigenvalue weighted by Crippen LogP contribution is 2.17. The predicted molar refractivity (Wildman–Crippen MR) is 80.9 cm³/mol. The van der Waals surface area contributed by atoms with E-state index in [1.54, 1.807) is 0 Å². The summed E-state index contributed by atoms with van der Waals surface area (Å²) in [6.07, 6.45) is 2.68. The Labute approximate surface area is 117 Å². The molecule has 3 heteroatoms. The van der Waals surface area contributed by atoms with Crippen molar-refractivity contribution in [2.24, 2.45) is 11.7 Å². The average Bonchev–Trinajstić information content (AvgIpc) is 2.42. The van der Waals surface area contributed by atoms with Crippen molar-refractivity contribution >= 4 is 0 Å². The number of rotatable bonds is 5. The Kier molecular flexibility index (Phi) is 5.37. The molecule has 0 atom stereocenters. The van der Waals surface area contributed by atoms with Gasteiger partial charge in [0.05, 0.1) is 0 Å². The van der Waals surface area contributed by atoms with Gasteiger partial charge in [-0.2, -0.15) is 0 Å². The summed E-state index contributed by atoms with van der Waals surface area (Å²) in [7, 11) is 4.45. The van der Waals surface area contributed by atoms with E-state index >= 15 is 0 Å². The first-order valence-corrected chi connectivity index (χ1v) is 7.32. The molecular formula is C16H27N3. The topological polar surface area (TPSA) is 32.5 Å². The molecule has 0 spiro atoms. The average molecular weight is 261 g/mol. The molecule has 1 saturated heterocycles. The number of likely N-dealkylation sites (tertiary alicyclic amines) is 1. The molecule has 1 aliphatic rings. The van der Waals surface area contributed by atoms with Crippen molar-refractivity contribution in [3.8, 4) is 0 Å². The molecule has 19 heavy (non-hydrogen) atoms. The van der Waals surface area contributed by atoms with Crippen LogP contribution in [0.2, 0.25) is 0 Å². The van der Waals surface area contributed by atoms with Crippen LogP contribution in [-0.4, -0.2) is 43.5 Å². The summed E-state index contributed by atoms with van der Waals surface area (Å²) >= 11 is 0. The zero-order valence-corrected chi connectivity index (χ0v) is 12.3. The molecule has 1 aromatic carbocycles. The maximum Gasteiger partial charge on any atom is 0.0230 e. The Morgan fingerprint density at radius 2 is 1.74 bits per heavy atom. The Bertz CT molecular complexity index is 366. The minimum Gasteiger partial charge on any atom is -0.326 e. The van der Waals surface area contributed by atoms with Gasteiger partial charge in [-0.05, 0) is 57.1 Å². The van der Waals surface area contributed by atoms with Crippen LogP contribution in [0.1, 0.15) is 24.0 Å². The molecule has 1 aliphatic heterocycles. The van der Waals surface area contributed by atoms with Gasteiger partial charge >= 0.3 is 0 Å². The summed E-state index contributed by atoms with van der Waals surface area (Å²) in [6.45, 7) is 5.39. The second-order valence-corrected chi connectivity index (χ2v) is 5.96. The summed E-state index contributed by atoms with van der Waals surface area (Å²) in [5, 5.41) is 0. The molecule has 0 aliphatic carbocycles. The van der Waals surface area contributed by atoms with E-state index in [1.807, 2.05) is 0 Å². The fraction of sp³-hybridized carbons (Fsp3) is 0.625. The molecule has 1 heterocycles. The molecule has 0 aromatic heterocycles. The van der Waals surface area contributed by atoms with E-state index < -0.39 is 0 Å². The third kappa shape index (κ3) is 4.60. The zero-order valence-electron chi connectivity index (χ0n) is 12.3. The second-order valence-electron chi connectivity index (χ2n) is 5.96. The van der Waals surface area contributed by atoms with Gasteiger partial charge in [0.15, 0.2) is 0 Å². The molecule has 2 rings (SSSR count). The minimum atomic E-state index is 0.631. The van der Waals surface area contributed by atoms with E-state index in [-0.39, 0.29) is 0 Å². The van der Waals surface area contributed by atoms with E-state index in [2.05, 4.69) is 48.2 Å². The van der Waals surface area contributed by atoms with Crippen molar-refractivity contribution in [2.45, 2.75) is 25.9 Å². The van der Waals surface area contributed by atoms with Crippen LogP contribution in [-0.2, 0) is 13.1 Å². The Balaban J connectivity index is 1.78.